The summed E-state index contributed by atoms with van der Waals surface area (Å²) >= 11 is 11.1. The van der Waals surface area contributed by atoms with Gasteiger partial charge in [0.2, 0.25) is 0 Å². The SMILES string of the molecule is O=C(NC(=S)Nc1ccccc1C(=O)NC1CCCCC1)c1ccc(Cl)cc1. The number of benzene rings is 2. The van der Waals surface area contributed by atoms with E-state index in [9.17, 15) is 9.59 Å². The minimum atomic E-state index is -0.349. The van der Waals surface area contributed by atoms with E-state index in [1.54, 1.807) is 42.5 Å². The Balaban J connectivity index is 1.63. The number of carbonyl (C=O) groups is 2. The molecule has 0 spiro atoms. The zero-order valence-corrected chi connectivity index (χ0v) is 16.9. The highest BCUT2D eigenvalue weighted by atomic mass is 35.5. The quantitative estimate of drug-likeness (QED) is 0.641. The van der Waals surface area contributed by atoms with Crippen LogP contribution in [-0.4, -0.2) is 23.0 Å². The van der Waals surface area contributed by atoms with E-state index >= 15 is 0 Å². The number of halogens is 1. The molecule has 5 nitrogen and oxygen atoms in total. The summed E-state index contributed by atoms with van der Waals surface area (Å²) in [4.78, 5) is 25.0. The molecule has 28 heavy (non-hydrogen) atoms. The molecule has 1 saturated carbocycles. The van der Waals surface area contributed by atoms with Crippen LogP contribution in [0.4, 0.5) is 5.69 Å². The van der Waals surface area contributed by atoms with Crippen molar-refractivity contribution in [2.24, 2.45) is 0 Å². The van der Waals surface area contributed by atoms with Crippen molar-refractivity contribution >= 4 is 46.4 Å². The van der Waals surface area contributed by atoms with Crippen LogP contribution in [0.1, 0.15) is 52.8 Å². The molecular formula is C21H22ClN3O2S. The molecule has 1 aliphatic rings. The van der Waals surface area contributed by atoms with Crippen molar-refractivity contribution in [3.8, 4) is 0 Å². The van der Waals surface area contributed by atoms with Crippen molar-refractivity contribution in [2.45, 2.75) is 38.1 Å². The van der Waals surface area contributed by atoms with Crippen molar-refractivity contribution in [3.63, 3.8) is 0 Å². The summed E-state index contributed by atoms with van der Waals surface area (Å²) in [6.45, 7) is 0. The first-order valence-corrected chi connectivity index (χ1v) is 10.1. The lowest BCUT2D eigenvalue weighted by molar-refractivity contribution is 0.0927. The van der Waals surface area contributed by atoms with Gasteiger partial charge in [-0.1, -0.05) is 43.0 Å². The molecule has 0 aromatic heterocycles. The maximum absolute atomic E-state index is 12.7. The first-order chi connectivity index (χ1) is 13.5. The van der Waals surface area contributed by atoms with Crippen LogP contribution >= 0.6 is 23.8 Å². The molecule has 7 heteroatoms. The lowest BCUT2D eigenvalue weighted by Gasteiger charge is -2.23. The van der Waals surface area contributed by atoms with E-state index in [1.165, 1.54) is 6.42 Å². The lowest BCUT2D eigenvalue weighted by atomic mass is 9.95. The summed E-state index contributed by atoms with van der Waals surface area (Å²) in [6.07, 6.45) is 5.54. The minimum absolute atomic E-state index is 0.123. The highest BCUT2D eigenvalue weighted by molar-refractivity contribution is 7.80. The highest BCUT2D eigenvalue weighted by Gasteiger charge is 2.19. The van der Waals surface area contributed by atoms with Crippen LogP contribution < -0.4 is 16.0 Å². The molecular weight excluding hydrogens is 394 g/mol. The average Bonchev–Trinajstić information content (AvgIpc) is 2.69. The fraction of sp³-hybridized carbons (Fsp3) is 0.286. The number of rotatable bonds is 4. The smallest absolute Gasteiger partial charge is 0.257 e. The molecule has 3 N–H and O–H groups in total. The summed E-state index contributed by atoms with van der Waals surface area (Å²) in [6, 6.07) is 13.8. The van der Waals surface area contributed by atoms with E-state index in [0.717, 1.165) is 25.7 Å². The Morgan fingerprint density at radius 2 is 1.61 bits per heavy atom. The third kappa shape index (κ3) is 5.53. The number of carbonyl (C=O) groups excluding carboxylic acids is 2. The van der Waals surface area contributed by atoms with Crippen LogP contribution in [-0.2, 0) is 0 Å². The van der Waals surface area contributed by atoms with Crippen molar-refractivity contribution in [1.82, 2.24) is 10.6 Å². The second-order valence-electron chi connectivity index (χ2n) is 6.77. The standard InChI is InChI=1S/C21H22ClN3O2S/c22-15-12-10-14(11-13-15)19(26)25-21(28)24-18-9-5-4-8-17(18)20(27)23-16-6-2-1-3-7-16/h4-5,8-13,16H,1-3,6-7H2,(H,23,27)(H2,24,25,26,28). The molecule has 0 aliphatic heterocycles. The second kappa shape index (κ2) is 9.66. The van der Waals surface area contributed by atoms with Gasteiger partial charge in [-0.15, -0.1) is 0 Å². The van der Waals surface area contributed by atoms with E-state index < -0.39 is 0 Å². The topological polar surface area (TPSA) is 70.2 Å². The molecule has 0 heterocycles. The molecule has 3 rings (SSSR count). The minimum Gasteiger partial charge on any atom is -0.349 e. The van der Waals surface area contributed by atoms with Crippen LogP contribution in [0.25, 0.3) is 0 Å². The van der Waals surface area contributed by atoms with Gasteiger partial charge in [0.1, 0.15) is 0 Å². The number of para-hydroxylation sites is 1. The number of nitrogens with one attached hydrogen (secondary N) is 3. The van der Waals surface area contributed by atoms with Gasteiger partial charge >= 0.3 is 0 Å². The fourth-order valence-corrected chi connectivity index (χ4v) is 3.56. The summed E-state index contributed by atoms with van der Waals surface area (Å²) in [5.74, 6) is -0.486. The zero-order valence-electron chi connectivity index (χ0n) is 15.3. The predicted octanol–water partition coefficient (Wildman–Crippen LogP) is 4.53. The average molecular weight is 416 g/mol. The van der Waals surface area contributed by atoms with Gasteiger partial charge in [-0.2, -0.15) is 0 Å². The fourth-order valence-electron chi connectivity index (χ4n) is 3.23. The zero-order chi connectivity index (χ0) is 19.9. The Bertz CT molecular complexity index is 864. The van der Waals surface area contributed by atoms with Gasteiger partial charge in [-0.05, 0) is 61.5 Å². The molecule has 0 saturated heterocycles. The van der Waals surface area contributed by atoms with Gasteiger partial charge in [0, 0.05) is 16.6 Å². The summed E-state index contributed by atoms with van der Waals surface area (Å²) in [5.41, 5.74) is 1.49. The summed E-state index contributed by atoms with van der Waals surface area (Å²) in [5, 5.41) is 9.34. The van der Waals surface area contributed by atoms with Gasteiger partial charge in [-0.25, -0.2) is 0 Å². The number of hydrogen-bond donors (Lipinski definition) is 3. The van der Waals surface area contributed by atoms with Crippen LogP contribution in [0.15, 0.2) is 48.5 Å². The van der Waals surface area contributed by atoms with E-state index in [4.69, 9.17) is 23.8 Å². The Morgan fingerprint density at radius 1 is 0.929 bits per heavy atom. The van der Waals surface area contributed by atoms with Crippen molar-refractivity contribution in [3.05, 3.63) is 64.7 Å². The van der Waals surface area contributed by atoms with Gasteiger partial charge in [0.15, 0.2) is 5.11 Å². The van der Waals surface area contributed by atoms with Crippen molar-refractivity contribution < 1.29 is 9.59 Å². The number of hydrogen-bond acceptors (Lipinski definition) is 3. The third-order valence-corrected chi connectivity index (χ3v) is 5.15. The Hall–Kier alpha value is -2.44. The van der Waals surface area contributed by atoms with E-state index in [2.05, 4.69) is 16.0 Å². The van der Waals surface area contributed by atoms with E-state index in [0.29, 0.717) is 21.8 Å². The van der Waals surface area contributed by atoms with Gasteiger partial charge in [0.25, 0.3) is 11.8 Å². The molecule has 2 amide bonds. The van der Waals surface area contributed by atoms with Gasteiger partial charge in [0.05, 0.1) is 11.3 Å². The van der Waals surface area contributed by atoms with Crippen molar-refractivity contribution in [1.29, 1.82) is 0 Å². The Morgan fingerprint density at radius 3 is 2.32 bits per heavy atom. The van der Waals surface area contributed by atoms with Crippen LogP contribution in [0.5, 0.6) is 0 Å². The molecule has 0 bridgehead atoms. The number of thiocarbonyl (C=S) groups is 1. The molecule has 2 aromatic rings. The number of amides is 2. The van der Waals surface area contributed by atoms with E-state index in [-0.39, 0.29) is 23.0 Å². The first kappa shape index (κ1) is 20.3. The number of anilines is 1. The highest BCUT2D eigenvalue weighted by Crippen LogP contribution is 2.20. The lowest BCUT2D eigenvalue weighted by Crippen LogP contribution is -2.37. The van der Waals surface area contributed by atoms with Crippen molar-refractivity contribution in [2.75, 3.05) is 5.32 Å². The van der Waals surface area contributed by atoms with E-state index in [1.807, 2.05) is 6.07 Å². The first-order valence-electron chi connectivity index (χ1n) is 9.31. The summed E-state index contributed by atoms with van der Waals surface area (Å²) in [7, 11) is 0. The molecule has 2 aromatic carbocycles. The molecule has 0 unspecified atom stereocenters. The normalized spacial score (nSPS) is 14.2. The Labute approximate surface area is 174 Å². The van der Waals surface area contributed by atoms with Gasteiger partial charge < -0.3 is 10.6 Å². The molecule has 1 aliphatic carbocycles. The second-order valence-corrected chi connectivity index (χ2v) is 7.61. The monoisotopic (exact) mass is 415 g/mol. The molecule has 1 fully saturated rings. The molecule has 146 valence electrons. The molecule has 0 atom stereocenters. The summed E-state index contributed by atoms with van der Waals surface area (Å²) < 4.78 is 0. The maximum Gasteiger partial charge on any atom is 0.257 e. The largest absolute Gasteiger partial charge is 0.349 e. The Kier molecular flexibility index (Phi) is 7.01. The third-order valence-electron chi connectivity index (χ3n) is 4.69. The predicted molar refractivity (Wildman–Crippen MR) is 116 cm³/mol. The van der Waals surface area contributed by atoms with Crippen LogP contribution in [0.2, 0.25) is 5.02 Å². The molecule has 0 radical (unpaired) electrons. The van der Waals surface area contributed by atoms with Gasteiger partial charge in [-0.3, -0.25) is 14.9 Å². The van der Waals surface area contributed by atoms with Crippen LogP contribution in [0, 0.1) is 0 Å². The maximum atomic E-state index is 12.7. The van der Waals surface area contributed by atoms with Crippen LogP contribution in [0.3, 0.4) is 0 Å².